The van der Waals surface area contributed by atoms with Crippen LogP contribution in [0.4, 0.5) is 5.69 Å². The lowest BCUT2D eigenvalue weighted by Crippen LogP contribution is -2.17. The Bertz CT molecular complexity index is 1480. The zero-order valence-electron chi connectivity index (χ0n) is 17.3. The minimum Gasteiger partial charge on any atom is -0.322 e. The lowest BCUT2D eigenvalue weighted by molar-refractivity contribution is 0.102. The fourth-order valence-corrected chi connectivity index (χ4v) is 4.98. The van der Waals surface area contributed by atoms with Crippen molar-refractivity contribution in [1.29, 1.82) is 5.26 Å². The highest BCUT2D eigenvalue weighted by atomic mass is 32.2. The van der Waals surface area contributed by atoms with Gasteiger partial charge in [-0.2, -0.15) is 5.26 Å². The van der Waals surface area contributed by atoms with Gasteiger partial charge in [0.05, 0.1) is 21.3 Å². The van der Waals surface area contributed by atoms with Crippen LogP contribution in [0.3, 0.4) is 0 Å². The van der Waals surface area contributed by atoms with Crippen molar-refractivity contribution >= 4 is 43.0 Å². The first kappa shape index (κ1) is 21.6. The molecule has 160 valence electrons. The lowest BCUT2D eigenvalue weighted by atomic mass is 10.1. The standard InChI is InChI=1S/C23H18N4O3S2/c1-3-14-4-6-16(7-5-14)22-27-19-9-8-17(11-20(19)31-22)26-21(28)18-10-15(12-24)13-25-23(18)32(2,29)30/h4-11,13H,3H2,1-2H3,(H,26,28). The van der Waals surface area contributed by atoms with E-state index in [1.807, 2.05) is 18.2 Å². The van der Waals surface area contributed by atoms with Crippen molar-refractivity contribution in [3.63, 3.8) is 0 Å². The highest BCUT2D eigenvalue weighted by molar-refractivity contribution is 7.90. The van der Waals surface area contributed by atoms with Crippen LogP contribution in [0.2, 0.25) is 0 Å². The smallest absolute Gasteiger partial charge is 0.258 e. The molecule has 1 N–H and O–H groups in total. The summed E-state index contributed by atoms with van der Waals surface area (Å²) in [5.74, 6) is -0.658. The van der Waals surface area contributed by atoms with Gasteiger partial charge < -0.3 is 5.32 Å². The molecular formula is C23H18N4O3S2. The van der Waals surface area contributed by atoms with Gasteiger partial charge >= 0.3 is 0 Å². The van der Waals surface area contributed by atoms with Crippen LogP contribution >= 0.6 is 11.3 Å². The predicted octanol–water partition coefficient (Wildman–Crippen LogP) is 4.45. The summed E-state index contributed by atoms with van der Waals surface area (Å²) in [6.45, 7) is 2.11. The number of carbonyl (C=O) groups is 1. The number of nitrogens with zero attached hydrogens (tertiary/aromatic N) is 3. The number of aryl methyl sites for hydroxylation is 1. The number of hydrogen-bond acceptors (Lipinski definition) is 7. The van der Waals surface area contributed by atoms with Crippen molar-refractivity contribution in [1.82, 2.24) is 9.97 Å². The number of sulfone groups is 1. The molecule has 4 rings (SSSR count). The van der Waals surface area contributed by atoms with Crippen LogP contribution < -0.4 is 5.32 Å². The van der Waals surface area contributed by atoms with Gasteiger partial charge in [0.1, 0.15) is 11.1 Å². The molecule has 7 nitrogen and oxygen atoms in total. The molecule has 0 saturated heterocycles. The summed E-state index contributed by atoms with van der Waals surface area (Å²) in [6.07, 6.45) is 3.07. The van der Waals surface area contributed by atoms with Crippen LogP contribution in [0.5, 0.6) is 0 Å². The van der Waals surface area contributed by atoms with Gasteiger partial charge in [0.2, 0.25) is 0 Å². The van der Waals surface area contributed by atoms with E-state index in [0.29, 0.717) is 5.69 Å². The molecule has 0 spiro atoms. The van der Waals surface area contributed by atoms with E-state index < -0.39 is 15.7 Å². The predicted molar refractivity (Wildman–Crippen MR) is 124 cm³/mol. The van der Waals surface area contributed by atoms with Gasteiger partial charge in [-0.3, -0.25) is 4.79 Å². The molecule has 0 aliphatic heterocycles. The van der Waals surface area contributed by atoms with E-state index in [0.717, 1.165) is 39.7 Å². The number of aromatic nitrogens is 2. The summed E-state index contributed by atoms with van der Waals surface area (Å²) in [7, 11) is -3.75. The van der Waals surface area contributed by atoms with Crippen molar-refractivity contribution in [2.45, 2.75) is 18.4 Å². The topological polar surface area (TPSA) is 113 Å². The number of pyridine rings is 1. The molecule has 9 heteroatoms. The largest absolute Gasteiger partial charge is 0.322 e. The molecular weight excluding hydrogens is 444 g/mol. The maximum Gasteiger partial charge on any atom is 0.258 e. The zero-order valence-corrected chi connectivity index (χ0v) is 18.9. The van der Waals surface area contributed by atoms with Crippen LogP contribution in [0.15, 0.2) is 59.8 Å². The normalized spacial score (nSPS) is 11.3. The number of amides is 1. The van der Waals surface area contributed by atoms with E-state index in [1.54, 1.807) is 18.2 Å². The van der Waals surface area contributed by atoms with Crippen molar-refractivity contribution in [2.75, 3.05) is 11.6 Å². The van der Waals surface area contributed by atoms with Gasteiger partial charge in [-0.05, 0) is 36.2 Å². The van der Waals surface area contributed by atoms with Crippen molar-refractivity contribution < 1.29 is 13.2 Å². The maximum atomic E-state index is 12.8. The highest BCUT2D eigenvalue weighted by Gasteiger charge is 2.21. The van der Waals surface area contributed by atoms with Gasteiger partial charge in [0.25, 0.3) is 5.91 Å². The Balaban J connectivity index is 1.65. The van der Waals surface area contributed by atoms with Gasteiger partial charge in [-0.15, -0.1) is 11.3 Å². The number of thiazole rings is 1. The molecule has 0 unspecified atom stereocenters. The van der Waals surface area contributed by atoms with Crippen LogP contribution in [0.1, 0.15) is 28.4 Å². The molecule has 2 aromatic carbocycles. The first-order valence-corrected chi connectivity index (χ1v) is 12.4. The second kappa shape index (κ2) is 8.49. The molecule has 0 atom stereocenters. The van der Waals surface area contributed by atoms with E-state index in [1.165, 1.54) is 23.0 Å². The van der Waals surface area contributed by atoms with Gasteiger partial charge in [0.15, 0.2) is 14.9 Å². The fraction of sp³-hybridized carbons (Fsp3) is 0.130. The van der Waals surface area contributed by atoms with E-state index in [2.05, 4.69) is 34.3 Å². The molecule has 1 amide bonds. The van der Waals surface area contributed by atoms with E-state index in [4.69, 9.17) is 5.26 Å². The third-order valence-electron chi connectivity index (χ3n) is 4.83. The van der Waals surface area contributed by atoms with E-state index in [9.17, 15) is 13.2 Å². The van der Waals surface area contributed by atoms with E-state index >= 15 is 0 Å². The summed E-state index contributed by atoms with van der Waals surface area (Å²) < 4.78 is 24.9. The first-order chi connectivity index (χ1) is 15.3. The Morgan fingerprint density at radius 1 is 1.16 bits per heavy atom. The van der Waals surface area contributed by atoms with Crippen molar-refractivity contribution in [3.8, 4) is 16.6 Å². The summed E-state index contributed by atoms with van der Waals surface area (Å²) in [5, 5.41) is 12.3. The molecule has 0 aliphatic carbocycles. The highest BCUT2D eigenvalue weighted by Crippen LogP contribution is 2.32. The molecule has 4 aromatic rings. The van der Waals surface area contributed by atoms with E-state index in [-0.39, 0.29) is 16.2 Å². The van der Waals surface area contributed by atoms with Gasteiger partial charge in [-0.1, -0.05) is 31.2 Å². The van der Waals surface area contributed by atoms with Crippen molar-refractivity contribution in [3.05, 3.63) is 71.4 Å². The number of hydrogen-bond donors (Lipinski definition) is 1. The molecule has 32 heavy (non-hydrogen) atoms. The Labute approximate surface area is 189 Å². The number of nitrogens with one attached hydrogen (secondary N) is 1. The SMILES string of the molecule is CCc1ccc(-c2nc3ccc(NC(=O)c4cc(C#N)cnc4S(C)(=O)=O)cc3s2)cc1. The Hall–Kier alpha value is -3.61. The second-order valence-electron chi connectivity index (χ2n) is 7.17. The molecule has 0 radical (unpaired) electrons. The quantitative estimate of drug-likeness (QED) is 0.469. The van der Waals surface area contributed by atoms with Crippen LogP contribution in [0, 0.1) is 11.3 Å². The number of fused-ring (bicyclic) bond motifs is 1. The number of anilines is 1. The van der Waals surface area contributed by atoms with Gasteiger partial charge in [0, 0.05) is 23.7 Å². The molecule has 0 aliphatic rings. The third kappa shape index (κ3) is 4.37. The summed E-state index contributed by atoms with van der Waals surface area (Å²) in [4.78, 5) is 21.3. The average molecular weight is 463 g/mol. The summed E-state index contributed by atoms with van der Waals surface area (Å²) in [6, 6.07) is 16.6. The average Bonchev–Trinajstić information content (AvgIpc) is 3.21. The maximum absolute atomic E-state index is 12.8. The molecule has 0 bridgehead atoms. The summed E-state index contributed by atoms with van der Waals surface area (Å²) in [5.41, 5.74) is 3.48. The Morgan fingerprint density at radius 2 is 1.91 bits per heavy atom. The number of benzene rings is 2. The Morgan fingerprint density at radius 3 is 2.56 bits per heavy atom. The number of rotatable bonds is 5. The second-order valence-corrected chi connectivity index (χ2v) is 10.1. The van der Waals surface area contributed by atoms with Gasteiger partial charge in [-0.25, -0.2) is 18.4 Å². The molecule has 0 saturated carbocycles. The Kier molecular flexibility index (Phi) is 5.74. The van der Waals surface area contributed by atoms with Crippen LogP contribution in [-0.4, -0.2) is 30.5 Å². The summed E-state index contributed by atoms with van der Waals surface area (Å²) >= 11 is 1.50. The molecule has 2 aromatic heterocycles. The minimum atomic E-state index is -3.75. The van der Waals surface area contributed by atoms with Crippen LogP contribution in [-0.2, 0) is 16.3 Å². The molecule has 2 heterocycles. The molecule has 0 fully saturated rings. The number of carbonyl (C=O) groups excluding carboxylic acids is 1. The zero-order chi connectivity index (χ0) is 22.9. The fourth-order valence-electron chi connectivity index (χ4n) is 3.18. The lowest BCUT2D eigenvalue weighted by Gasteiger charge is -2.09. The third-order valence-corrected chi connectivity index (χ3v) is 6.93. The first-order valence-electron chi connectivity index (χ1n) is 9.70. The monoisotopic (exact) mass is 462 g/mol. The minimum absolute atomic E-state index is 0.0965. The van der Waals surface area contributed by atoms with Crippen LogP contribution in [0.25, 0.3) is 20.8 Å². The van der Waals surface area contributed by atoms with Crippen molar-refractivity contribution in [2.24, 2.45) is 0 Å². The number of nitriles is 1.